The minimum absolute atomic E-state index is 0.357. The zero-order valence-corrected chi connectivity index (χ0v) is 11.9. The maximum atomic E-state index is 11.3. The van der Waals surface area contributed by atoms with Crippen LogP contribution < -0.4 is 5.48 Å². The average Bonchev–Trinajstić information content (AvgIpc) is 2.76. The zero-order valence-electron chi connectivity index (χ0n) is 11.9. The molecule has 0 saturated carbocycles. The quantitative estimate of drug-likeness (QED) is 0.733. The van der Waals surface area contributed by atoms with Crippen molar-refractivity contribution in [2.24, 2.45) is 0 Å². The van der Waals surface area contributed by atoms with Crippen LogP contribution in [0.2, 0.25) is 0 Å². The summed E-state index contributed by atoms with van der Waals surface area (Å²) in [5.41, 5.74) is 4.17. The molecule has 0 fully saturated rings. The van der Waals surface area contributed by atoms with Crippen molar-refractivity contribution in [2.75, 3.05) is 0 Å². The maximum absolute atomic E-state index is 11.3. The standard InChI is InChI=1S/C15H20N2O3/c1-15(2,3)20-17-13(14(18)19)8-10-9-16-12-7-5-4-6-11(10)12/h4-7,9,13,16-17H,8H2,1-3H3,(H,18,19). The van der Waals surface area contributed by atoms with Gasteiger partial charge in [0, 0.05) is 23.5 Å². The molecular weight excluding hydrogens is 256 g/mol. The summed E-state index contributed by atoms with van der Waals surface area (Å²) >= 11 is 0. The van der Waals surface area contributed by atoms with Gasteiger partial charge in [0.05, 0.1) is 5.60 Å². The maximum Gasteiger partial charge on any atom is 0.323 e. The van der Waals surface area contributed by atoms with Gasteiger partial charge in [0.15, 0.2) is 0 Å². The van der Waals surface area contributed by atoms with Crippen LogP contribution in [-0.4, -0.2) is 27.7 Å². The highest BCUT2D eigenvalue weighted by molar-refractivity contribution is 5.84. The topological polar surface area (TPSA) is 74.3 Å². The fourth-order valence-corrected chi connectivity index (χ4v) is 1.95. The largest absolute Gasteiger partial charge is 0.480 e. The number of para-hydroxylation sites is 1. The number of carbonyl (C=O) groups is 1. The summed E-state index contributed by atoms with van der Waals surface area (Å²) < 4.78 is 0. The average molecular weight is 276 g/mol. The second kappa shape index (κ2) is 5.64. The zero-order chi connectivity index (χ0) is 14.8. The lowest BCUT2D eigenvalue weighted by atomic mass is 10.1. The summed E-state index contributed by atoms with van der Waals surface area (Å²) in [6.07, 6.45) is 2.20. The first-order valence-electron chi connectivity index (χ1n) is 6.58. The molecule has 0 radical (unpaired) electrons. The lowest BCUT2D eigenvalue weighted by Gasteiger charge is -2.23. The van der Waals surface area contributed by atoms with Crippen LogP contribution in [0.5, 0.6) is 0 Å². The van der Waals surface area contributed by atoms with E-state index in [-0.39, 0.29) is 0 Å². The van der Waals surface area contributed by atoms with Gasteiger partial charge in [-0.25, -0.2) is 0 Å². The highest BCUT2D eigenvalue weighted by atomic mass is 16.7. The molecule has 2 rings (SSSR count). The molecule has 1 heterocycles. The van der Waals surface area contributed by atoms with Gasteiger partial charge in [0.2, 0.25) is 0 Å². The van der Waals surface area contributed by atoms with Gasteiger partial charge in [-0.3, -0.25) is 9.63 Å². The molecule has 0 aliphatic rings. The second-order valence-electron chi connectivity index (χ2n) is 5.79. The molecule has 0 bridgehead atoms. The molecule has 0 saturated heterocycles. The number of benzene rings is 1. The molecule has 20 heavy (non-hydrogen) atoms. The normalized spacial score (nSPS) is 13.6. The Balaban J connectivity index is 2.14. The molecule has 0 aliphatic carbocycles. The van der Waals surface area contributed by atoms with Gasteiger partial charge in [-0.15, -0.1) is 0 Å². The Hall–Kier alpha value is -1.85. The van der Waals surface area contributed by atoms with Crippen molar-refractivity contribution in [2.45, 2.75) is 38.8 Å². The van der Waals surface area contributed by atoms with Crippen molar-refractivity contribution in [3.05, 3.63) is 36.0 Å². The van der Waals surface area contributed by atoms with Gasteiger partial charge in [-0.05, 0) is 32.4 Å². The molecule has 1 unspecified atom stereocenters. The third-order valence-corrected chi connectivity index (χ3v) is 2.90. The van der Waals surface area contributed by atoms with Gasteiger partial charge in [-0.2, -0.15) is 5.48 Å². The fraction of sp³-hybridized carbons (Fsp3) is 0.400. The first-order chi connectivity index (χ1) is 9.37. The van der Waals surface area contributed by atoms with Crippen molar-refractivity contribution in [3.8, 4) is 0 Å². The molecule has 0 spiro atoms. The number of hydrogen-bond acceptors (Lipinski definition) is 3. The van der Waals surface area contributed by atoms with E-state index in [0.717, 1.165) is 16.5 Å². The number of aliphatic carboxylic acids is 1. The van der Waals surface area contributed by atoms with Crippen LogP contribution >= 0.6 is 0 Å². The first kappa shape index (κ1) is 14.6. The Morgan fingerprint density at radius 3 is 2.75 bits per heavy atom. The number of aromatic amines is 1. The third kappa shape index (κ3) is 3.59. The Bertz CT molecular complexity index is 598. The Labute approximate surface area is 117 Å². The monoisotopic (exact) mass is 276 g/mol. The van der Waals surface area contributed by atoms with Crippen LogP contribution in [0.15, 0.2) is 30.5 Å². The van der Waals surface area contributed by atoms with E-state index in [0.29, 0.717) is 6.42 Å². The van der Waals surface area contributed by atoms with Crippen LogP contribution in [0, 0.1) is 0 Å². The summed E-state index contributed by atoms with van der Waals surface area (Å²) in [4.78, 5) is 19.8. The first-order valence-corrected chi connectivity index (χ1v) is 6.58. The van der Waals surface area contributed by atoms with Crippen molar-refractivity contribution >= 4 is 16.9 Å². The number of nitrogens with one attached hydrogen (secondary N) is 2. The SMILES string of the molecule is CC(C)(C)ONC(Cc1c[nH]c2ccccc12)C(=O)O. The van der Waals surface area contributed by atoms with Crippen molar-refractivity contribution in [3.63, 3.8) is 0 Å². The molecule has 0 amide bonds. The van der Waals surface area contributed by atoms with E-state index < -0.39 is 17.6 Å². The number of carboxylic acid groups (broad SMARTS) is 1. The number of rotatable bonds is 5. The Morgan fingerprint density at radius 2 is 2.10 bits per heavy atom. The minimum Gasteiger partial charge on any atom is -0.480 e. The predicted molar refractivity (Wildman–Crippen MR) is 77.4 cm³/mol. The van der Waals surface area contributed by atoms with E-state index in [4.69, 9.17) is 4.84 Å². The van der Waals surface area contributed by atoms with Crippen molar-refractivity contribution < 1.29 is 14.7 Å². The molecule has 2 aromatic rings. The lowest BCUT2D eigenvalue weighted by molar-refractivity contribution is -0.150. The van der Waals surface area contributed by atoms with E-state index in [9.17, 15) is 9.90 Å². The van der Waals surface area contributed by atoms with Crippen molar-refractivity contribution in [1.29, 1.82) is 0 Å². The van der Waals surface area contributed by atoms with E-state index in [1.54, 1.807) is 0 Å². The van der Waals surface area contributed by atoms with Gasteiger partial charge in [-0.1, -0.05) is 18.2 Å². The van der Waals surface area contributed by atoms with Crippen LogP contribution in [0.3, 0.4) is 0 Å². The molecule has 108 valence electrons. The third-order valence-electron chi connectivity index (χ3n) is 2.90. The summed E-state index contributed by atoms with van der Waals surface area (Å²) in [5.74, 6) is -0.931. The number of H-pyrrole nitrogens is 1. The summed E-state index contributed by atoms with van der Waals surface area (Å²) in [6.45, 7) is 5.60. The molecule has 0 aliphatic heterocycles. The van der Waals surface area contributed by atoms with Crippen molar-refractivity contribution in [1.82, 2.24) is 10.5 Å². The Morgan fingerprint density at radius 1 is 1.40 bits per heavy atom. The molecule has 5 heteroatoms. The smallest absolute Gasteiger partial charge is 0.323 e. The molecule has 5 nitrogen and oxygen atoms in total. The number of carboxylic acids is 1. The number of hydroxylamine groups is 1. The molecule has 1 aromatic carbocycles. The van der Waals surface area contributed by atoms with Gasteiger partial charge >= 0.3 is 5.97 Å². The highest BCUT2D eigenvalue weighted by Gasteiger charge is 2.22. The number of fused-ring (bicyclic) bond motifs is 1. The highest BCUT2D eigenvalue weighted by Crippen LogP contribution is 2.19. The second-order valence-corrected chi connectivity index (χ2v) is 5.79. The lowest BCUT2D eigenvalue weighted by Crippen LogP contribution is -2.42. The van der Waals surface area contributed by atoms with Crippen LogP contribution in [0.1, 0.15) is 26.3 Å². The summed E-state index contributed by atoms with van der Waals surface area (Å²) in [5, 5.41) is 10.3. The van der Waals surface area contributed by atoms with E-state index in [1.807, 2.05) is 51.2 Å². The molecule has 1 atom stereocenters. The number of aromatic nitrogens is 1. The van der Waals surface area contributed by atoms with Crippen LogP contribution in [0.4, 0.5) is 0 Å². The molecule has 3 N–H and O–H groups in total. The fourth-order valence-electron chi connectivity index (χ4n) is 1.95. The predicted octanol–water partition coefficient (Wildman–Crippen LogP) is 2.48. The molecule has 1 aromatic heterocycles. The molecular formula is C15H20N2O3. The van der Waals surface area contributed by atoms with Crippen LogP contribution in [-0.2, 0) is 16.1 Å². The van der Waals surface area contributed by atoms with Gasteiger partial charge in [0.1, 0.15) is 6.04 Å². The van der Waals surface area contributed by atoms with Gasteiger partial charge in [0.25, 0.3) is 0 Å². The number of hydrogen-bond donors (Lipinski definition) is 3. The summed E-state index contributed by atoms with van der Waals surface area (Å²) in [6, 6.07) is 7.04. The summed E-state index contributed by atoms with van der Waals surface area (Å²) in [7, 11) is 0. The van der Waals surface area contributed by atoms with Crippen LogP contribution in [0.25, 0.3) is 10.9 Å². The van der Waals surface area contributed by atoms with E-state index >= 15 is 0 Å². The minimum atomic E-state index is -0.931. The van der Waals surface area contributed by atoms with E-state index in [2.05, 4.69) is 10.5 Å². The Kier molecular flexibility index (Phi) is 4.11. The van der Waals surface area contributed by atoms with Gasteiger partial charge < -0.3 is 10.1 Å². The van der Waals surface area contributed by atoms with E-state index in [1.165, 1.54) is 0 Å².